The van der Waals surface area contributed by atoms with Gasteiger partial charge in [-0.1, -0.05) is 31.2 Å². The van der Waals surface area contributed by atoms with Crippen LogP contribution in [0.3, 0.4) is 0 Å². The number of carbonyl (C=O) groups excluding carboxylic acids is 1. The lowest BCUT2D eigenvalue weighted by Crippen LogP contribution is -2.30. The molecule has 0 aromatic heterocycles. The number of rotatable bonds is 8. The first-order valence-corrected chi connectivity index (χ1v) is 8.97. The number of hydrogen-bond donors (Lipinski definition) is 1. The molecule has 1 amide bonds. The van der Waals surface area contributed by atoms with E-state index in [9.17, 15) is 4.79 Å². The Kier molecular flexibility index (Phi) is 6.00. The van der Waals surface area contributed by atoms with Crippen molar-refractivity contribution in [1.29, 1.82) is 0 Å². The minimum absolute atomic E-state index is 0.118. The summed E-state index contributed by atoms with van der Waals surface area (Å²) in [7, 11) is 1.64. The fourth-order valence-corrected chi connectivity index (χ4v) is 2.59. The molecule has 3 rings (SSSR count). The molecule has 2 aromatic carbocycles. The van der Waals surface area contributed by atoms with Crippen LogP contribution in [0.15, 0.2) is 48.5 Å². The summed E-state index contributed by atoms with van der Waals surface area (Å²) in [6.07, 6.45) is 2.03. The topological polar surface area (TPSA) is 56.8 Å². The first-order chi connectivity index (χ1) is 12.7. The van der Waals surface area contributed by atoms with E-state index in [0.29, 0.717) is 18.2 Å². The monoisotopic (exact) mass is 355 g/mol. The third-order valence-electron chi connectivity index (χ3n) is 4.43. The quantitative estimate of drug-likeness (QED) is 0.764. The van der Waals surface area contributed by atoms with Gasteiger partial charge in [0.15, 0.2) is 11.5 Å². The first kappa shape index (κ1) is 18.1. The van der Waals surface area contributed by atoms with E-state index in [1.807, 2.05) is 36.4 Å². The van der Waals surface area contributed by atoms with Crippen LogP contribution >= 0.6 is 0 Å². The highest BCUT2D eigenvalue weighted by Gasteiger charge is 2.23. The van der Waals surface area contributed by atoms with Gasteiger partial charge in [-0.2, -0.15) is 0 Å². The molecule has 1 aliphatic carbocycles. The molecule has 1 atom stereocenters. The van der Waals surface area contributed by atoms with Gasteiger partial charge in [0, 0.05) is 6.54 Å². The molecule has 1 aliphatic rings. The SMILES string of the molecule is COc1ccc(C(C)CNC(=O)Oc2ccccc2)cc1OCC1CC1. The van der Waals surface area contributed by atoms with Gasteiger partial charge in [-0.3, -0.25) is 0 Å². The van der Waals surface area contributed by atoms with Crippen molar-refractivity contribution >= 4 is 6.09 Å². The van der Waals surface area contributed by atoms with E-state index >= 15 is 0 Å². The Morgan fingerprint density at radius 1 is 1.15 bits per heavy atom. The van der Waals surface area contributed by atoms with E-state index in [2.05, 4.69) is 12.2 Å². The van der Waals surface area contributed by atoms with E-state index < -0.39 is 6.09 Å². The van der Waals surface area contributed by atoms with E-state index in [-0.39, 0.29) is 5.92 Å². The standard InChI is InChI=1S/C21H25NO4/c1-15(13-22-21(23)26-18-6-4-3-5-7-18)17-10-11-19(24-2)20(12-17)25-14-16-8-9-16/h3-7,10-12,15-16H,8-9,13-14H2,1-2H3,(H,22,23). The van der Waals surface area contributed by atoms with Gasteiger partial charge in [0.25, 0.3) is 0 Å². The highest BCUT2D eigenvalue weighted by Crippen LogP contribution is 2.34. The second-order valence-corrected chi connectivity index (χ2v) is 6.65. The van der Waals surface area contributed by atoms with Gasteiger partial charge in [-0.25, -0.2) is 4.79 Å². The summed E-state index contributed by atoms with van der Waals surface area (Å²) in [4.78, 5) is 11.9. The van der Waals surface area contributed by atoms with Crippen LogP contribution in [0.4, 0.5) is 4.79 Å². The lowest BCUT2D eigenvalue weighted by molar-refractivity contribution is 0.200. The minimum Gasteiger partial charge on any atom is -0.493 e. The van der Waals surface area contributed by atoms with Crippen LogP contribution in [0.1, 0.15) is 31.2 Å². The first-order valence-electron chi connectivity index (χ1n) is 8.97. The lowest BCUT2D eigenvalue weighted by atomic mass is 10.0. The summed E-state index contributed by atoms with van der Waals surface area (Å²) in [5.41, 5.74) is 1.08. The maximum absolute atomic E-state index is 11.9. The maximum Gasteiger partial charge on any atom is 0.412 e. The summed E-state index contributed by atoms with van der Waals surface area (Å²) in [5, 5.41) is 2.80. The molecule has 1 fully saturated rings. The summed E-state index contributed by atoms with van der Waals surface area (Å²) < 4.78 is 16.5. The van der Waals surface area contributed by atoms with Gasteiger partial charge in [0.2, 0.25) is 0 Å². The summed E-state index contributed by atoms with van der Waals surface area (Å²) in [6.45, 7) is 3.26. The average molecular weight is 355 g/mol. The Morgan fingerprint density at radius 2 is 1.92 bits per heavy atom. The Balaban J connectivity index is 1.55. The largest absolute Gasteiger partial charge is 0.493 e. The molecule has 5 nitrogen and oxygen atoms in total. The van der Waals surface area contributed by atoms with Gasteiger partial charge >= 0.3 is 6.09 Å². The Bertz CT molecular complexity index is 728. The summed E-state index contributed by atoms with van der Waals surface area (Å²) in [6, 6.07) is 14.9. The number of carbonyl (C=O) groups is 1. The molecule has 0 heterocycles. The van der Waals surface area contributed by atoms with Crippen LogP contribution in [0.25, 0.3) is 0 Å². The molecule has 1 N–H and O–H groups in total. The Hall–Kier alpha value is -2.69. The molecule has 5 heteroatoms. The lowest BCUT2D eigenvalue weighted by Gasteiger charge is -2.16. The van der Waals surface area contributed by atoms with E-state index in [1.165, 1.54) is 12.8 Å². The fraction of sp³-hybridized carbons (Fsp3) is 0.381. The third-order valence-corrected chi connectivity index (χ3v) is 4.43. The van der Waals surface area contributed by atoms with Crippen molar-refractivity contribution in [3.05, 3.63) is 54.1 Å². The Labute approximate surface area is 154 Å². The van der Waals surface area contributed by atoms with Gasteiger partial charge in [-0.15, -0.1) is 0 Å². The fourth-order valence-electron chi connectivity index (χ4n) is 2.59. The maximum atomic E-state index is 11.9. The number of amides is 1. The van der Waals surface area contributed by atoms with Crippen molar-refractivity contribution in [1.82, 2.24) is 5.32 Å². The van der Waals surface area contributed by atoms with Gasteiger partial charge < -0.3 is 19.5 Å². The molecular formula is C21H25NO4. The highest BCUT2D eigenvalue weighted by atomic mass is 16.6. The van der Waals surface area contributed by atoms with Crippen molar-refractivity contribution in [3.8, 4) is 17.2 Å². The van der Waals surface area contributed by atoms with Crippen molar-refractivity contribution < 1.29 is 19.0 Å². The molecule has 0 aliphatic heterocycles. The predicted octanol–water partition coefficient (Wildman–Crippen LogP) is 4.38. The second kappa shape index (κ2) is 8.61. The zero-order valence-corrected chi connectivity index (χ0v) is 15.2. The van der Waals surface area contributed by atoms with Crippen molar-refractivity contribution in [2.24, 2.45) is 5.92 Å². The van der Waals surface area contributed by atoms with Crippen LogP contribution in [-0.4, -0.2) is 26.4 Å². The van der Waals surface area contributed by atoms with Crippen molar-refractivity contribution in [2.75, 3.05) is 20.3 Å². The van der Waals surface area contributed by atoms with Crippen molar-refractivity contribution in [3.63, 3.8) is 0 Å². The molecule has 0 spiro atoms. The number of methoxy groups -OCH3 is 1. The smallest absolute Gasteiger partial charge is 0.412 e. The number of hydrogen-bond acceptors (Lipinski definition) is 4. The van der Waals surface area contributed by atoms with E-state index in [1.54, 1.807) is 19.2 Å². The van der Waals surface area contributed by atoms with Crippen molar-refractivity contribution in [2.45, 2.75) is 25.7 Å². The summed E-state index contributed by atoms with van der Waals surface area (Å²) >= 11 is 0. The normalized spacial score (nSPS) is 14.4. The van der Waals surface area contributed by atoms with E-state index in [0.717, 1.165) is 23.7 Å². The number of ether oxygens (including phenoxy) is 3. The minimum atomic E-state index is -0.457. The number of nitrogens with one attached hydrogen (secondary N) is 1. The molecule has 1 saturated carbocycles. The zero-order chi connectivity index (χ0) is 18.4. The van der Waals surface area contributed by atoms with Gasteiger partial charge in [0.05, 0.1) is 13.7 Å². The highest BCUT2D eigenvalue weighted by molar-refractivity contribution is 5.70. The number of benzene rings is 2. The summed E-state index contributed by atoms with van der Waals surface area (Å²) in [5.74, 6) is 2.81. The molecule has 138 valence electrons. The van der Waals surface area contributed by atoms with E-state index in [4.69, 9.17) is 14.2 Å². The molecular weight excluding hydrogens is 330 g/mol. The Morgan fingerprint density at radius 3 is 2.62 bits per heavy atom. The van der Waals surface area contributed by atoms with Crippen LogP contribution in [-0.2, 0) is 0 Å². The molecule has 2 aromatic rings. The van der Waals surface area contributed by atoms with Crippen LogP contribution in [0.5, 0.6) is 17.2 Å². The molecule has 0 saturated heterocycles. The second-order valence-electron chi connectivity index (χ2n) is 6.65. The molecule has 26 heavy (non-hydrogen) atoms. The van der Waals surface area contributed by atoms with Crippen LogP contribution < -0.4 is 19.5 Å². The number of para-hydroxylation sites is 1. The van der Waals surface area contributed by atoms with Gasteiger partial charge in [0.1, 0.15) is 5.75 Å². The molecule has 0 radical (unpaired) electrons. The predicted molar refractivity (Wildman–Crippen MR) is 100 cm³/mol. The van der Waals surface area contributed by atoms with Crippen LogP contribution in [0.2, 0.25) is 0 Å². The van der Waals surface area contributed by atoms with Crippen LogP contribution in [0, 0.1) is 5.92 Å². The zero-order valence-electron chi connectivity index (χ0n) is 15.2. The third kappa shape index (κ3) is 5.15. The molecule has 1 unspecified atom stereocenters. The van der Waals surface area contributed by atoms with Gasteiger partial charge in [-0.05, 0) is 54.5 Å². The molecule has 0 bridgehead atoms. The average Bonchev–Trinajstić information content (AvgIpc) is 3.49.